The SMILES string of the molecule is CC/C(C(=O)Cl)=C(\C)C(C)N. The van der Waals surface area contributed by atoms with Crippen LogP contribution >= 0.6 is 11.6 Å². The summed E-state index contributed by atoms with van der Waals surface area (Å²) >= 11 is 5.33. The monoisotopic (exact) mass is 175 g/mol. The normalized spacial score (nSPS) is 15.7. The Morgan fingerprint density at radius 2 is 2.09 bits per heavy atom. The number of allylic oxidation sites excluding steroid dienone is 1. The van der Waals surface area contributed by atoms with E-state index in [2.05, 4.69) is 0 Å². The minimum absolute atomic E-state index is 0.0901. The molecule has 2 nitrogen and oxygen atoms in total. The zero-order valence-electron chi connectivity index (χ0n) is 7.15. The molecule has 0 bridgehead atoms. The maximum atomic E-state index is 10.8. The smallest absolute Gasteiger partial charge is 0.248 e. The van der Waals surface area contributed by atoms with Gasteiger partial charge in [-0.15, -0.1) is 0 Å². The molecule has 3 heteroatoms. The quantitative estimate of drug-likeness (QED) is 0.525. The third-order valence-corrected chi connectivity index (χ3v) is 1.98. The van der Waals surface area contributed by atoms with Crippen molar-refractivity contribution in [3.63, 3.8) is 0 Å². The standard InChI is InChI=1S/C8H14ClNO/c1-4-7(8(9)11)5(2)6(3)10/h6H,4,10H2,1-3H3/b7-5-. The van der Waals surface area contributed by atoms with Crippen LogP contribution in [0.5, 0.6) is 0 Å². The molecule has 1 unspecified atom stereocenters. The summed E-state index contributed by atoms with van der Waals surface area (Å²) in [5, 5.41) is -0.387. The second kappa shape index (κ2) is 4.52. The van der Waals surface area contributed by atoms with E-state index in [4.69, 9.17) is 17.3 Å². The predicted octanol–water partition coefficient (Wildman–Crippen LogP) is 1.83. The molecule has 11 heavy (non-hydrogen) atoms. The summed E-state index contributed by atoms with van der Waals surface area (Å²) in [5.41, 5.74) is 7.10. The lowest BCUT2D eigenvalue weighted by atomic mass is 10.0. The minimum Gasteiger partial charge on any atom is -0.324 e. The van der Waals surface area contributed by atoms with Gasteiger partial charge < -0.3 is 5.73 Å². The molecule has 0 aromatic carbocycles. The van der Waals surface area contributed by atoms with Gasteiger partial charge in [0.05, 0.1) is 0 Å². The van der Waals surface area contributed by atoms with E-state index in [0.29, 0.717) is 12.0 Å². The lowest BCUT2D eigenvalue weighted by Crippen LogP contribution is -2.19. The van der Waals surface area contributed by atoms with Gasteiger partial charge in [-0.2, -0.15) is 0 Å². The predicted molar refractivity (Wildman–Crippen MR) is 47.5 cm³/mol. The lowest BCUT2D eigenvalue weighted by molar-refractivity contribution is -0.108. The first-order valence-corrected chi connectivity index (χ1v) is 4.03. The van der Waals surface area contributed by atoms with E-state index in [9.17, 15) is 4.79 Å². The van der Waals surface area contributed by atoms with Crippen LogP contribution in [-0.2, 0) is 4.79 Å². The van der Waals surface area contributed by atoms with Gasteiger partial charge in [0.15, 0.2) is 0 Å². The Bertz CT molecular complexity index is 185. The molecule has 0 spiro atoms. The Labute approximate surface area is 72.4 Å². The Hall–Kier alpha value is -0.340. The van der Waals surface area contributed by atoms with Crippen molar-refractivity contribution in [2.24, 2.45) is 5.73 Å². The lowest BCUT2D eigenvalue weighted by Gasteiger charge is -2.09. The second-order valence-corrected chi connectivity index (χ2v) is 2.92. The molecule has 2 N–H and O–H groups in total. The fourth-order valence-electron chi connectivity index (χ4n) is 0.848. The van der Waals surface area contributed by atoms with Crippen molar-refractivity contribution >= 4 is 16.8 Å². The van der Waals surface area contributed by atoms with Gasteiger partial charge in [0.1, 0.15) is 0 Å². The summed E-state index contributed by atoms with van der Waals surface area (Å²) in [6.07, 6.45) is 0.649. The van der Waals surface area contributed by atoms with Crippen LogP contribution in [0.15, 0.2) is 11.1 Å². The number of hydrogen-bond donors (Lipinski definition) is 1. The highest BCUT2D eigenvalue weighted by molar-refractivity contribution is 6.67. The van der Waals surface area contributed by atoms with Crippen molar-refractivity contribution in [3.8, 4) is 0 Å². The fourth-order valence-corrected chi connectivity index (χ4v) is 1.13. The van der Waals surface area contributed by atoms with Crippen LogP contribution in [0.25, 0.3) is 0 Å². The van der Waals surface area contributed by atoms with E-state index in [1.54, 1.807) is 0 Å². The number of halogens is 1. The Morgan fingerprint density at radius 3 is 2.18 bits per heavy atom. The van der Waals surface area contributed by atoms with Gasteiger partial charge in [0.2, 0.25) is 5.24 Å². The zero-order valence-corrected chi connectivity index (χ0v) is 7.90. The van der Waals surface area contributed by atoms with E-state index in [0.717, 1.165) is 5.57 Å². The van der Waals surface area contributed by atoms with Gasteiger partial charge in [-0.1, -0.05) is 6.92 Å². The van der Waals surface area contributed by atoms with Gasteiger partial charge in [-0.25, -0.2) is 0 Å². The zero-order chi connectivity index (χ0) is 9.02. The van der Waals surface area contributed by atoms with Crippen LogP contribution in [0.4, 0.5) is 0 Å². The highest BCUT2D eigenvalue weighted by Crippen LogP contribution is 2.13. The molecular weight excluding hydrogens is 162 g/mol. The minimum atomic E-state index is -0.387. The summed E-state index contributed by atoms with van der Waals surface area (Å²) in [6.45, 7) is 5.57. The second-order valence-electron chi connectivity index (χ2n) is 2.58. The Morgan fingerprint density at radius 1 is 1.64 bits per heavy atom. The van der Waals surface area contributed by atoms with E-state index >= 15 is 0 Å². The first kappa shape index (κ1) is 10.7. The van der Waals surface area contributed by atoms with E-state index in [-0.39, 0.29) is 11.3 Å². The van der Waals surface area contributed by atoms with Gasteiger partial charge in [-0.3, -0.25) is 4.79 Å². The van der Waals surface area contributed by atoms with Crippen LogP contribution in [0.2, 0.25) is 0 Å². The molecule has 0 amide bonds. The maximum Gasteiger partial charge on any atom is 0.248 e. The average Bonchev–Trinajstić information content (AvgIpc) is 1.88. The molecule has 0 saturated carbocycles. The van der Waals surface area contributed by atoms with Gasteiger partial charge in [0.25, 0.3) is 0 Å². The molecule has 0 aromatic heterocycles. The fraction of sp³-hybridized carbons (Fsp3) is 0.625. The van der Waals surface area contributed by atoms with Crippen molar-refractivity contribution in [1.82, 2.24) is 0 Å². The molecule has 0 radical (unpaired) electrons. The number of nitrogens with two attached hydrogens (primary N) is 1. The third kappa shape index (κ3) is 3.04. The topological polar surface area (TPSA) is 43.1 Å². The van der Waals surface area contributed by atoms with E-state index in [1.807, 2.05) is 20.8 Å². The molecule has 0 aliphatic rings. The van der Waals surface area contributed by atoms with Crippen LogP contribution in [0.3, 0.4) is 0 Å². The highest BCUT2D eigenvalue weighted by Gasteiger charge is 2.09. The van der Waals surface area contributed by atoms with Crippen molar-refractivity contribution in [3.05, 3.63) is 11.1 Å². The van der Waals surface area contributed by atoms with Crippen molar-refractivity contribution in [2.75, 3.05) is 0 Å². The first-order chi connectivity index (χ1) is 5.00. The van der Waals surface area contributed by atoms with Crippen molar-refractivity contribution in [1.29, 1.82) is 0 Å². The Kier molecular flexibility index (Phi) is 4.38. The van der Waals surface area contributed by atoms with Gasteiger partial charge >= 0.3 is 0 Å². The summed E-state index contributed by atoms with van der Waals surface area (Å²) < 4.78 is 0. The first-order valence-electron chi connectivity index (χ1n) is 3.65. The Balaban J connectivity index is 4.68. The molecule has 0 rings (SSSR count). The van der Waals surface area contributed by atoms with Crippen molar-refractivity contribution < 1.29 is 4.79 Å². The van der Waals surface area contributed by atoms with Crippen LogP contribution < -0.4 is 5.73 Å². The molecule has 0 aliphatic heterocycles. The average molecular weight is 176 g/mol. The third-order valence-electron chi connectivity index (χ3n) is 1.75. The largest absolute Gasteiger partial charge is 0.324 e. The summed E-state index contributed by atoms with van der Waals surface area (Å²) in [4.78, 5) is 10.8. The van der Waals surface area contributed by atoms with Crippen LogP contribution in [0.1, 0.15) is 27.2 Å². The van der Waals surface area contributed by atoms with Gasteiger partial charge in [-0.05, 0) is 37.4 Å². The maximum absolute atomic E-state index is 10.8. The van der Waals surface area contributed by atoms with E-state index < -0.39 is 0 Å². The number of rotatable bonds is 3. The van der Waals surface area contributed by atoms with Crippen LogP contribution in [0, 0.1) is 0 Å². The molecule has 64 valence electrons. The molecule has 0 heterocycles. The molecule has 0 saturated heterocycles. The number of carbonyl (C=O) groups excluding carboxylic acids is 1. The summed E-state index contributed by atoms with van der Waals surface area (Å²) in [6, 6.07) is -0.0901. The molecule has 1 atom stereocenters. The van der Waals surface area contributed by atoms with E-state index in [1.165, 1.54) is 0 Å². The van der Waals surface area contributed by atoms with Crippen LogP contribution in [-0.4, -0.2) is 11.3 Å². The van der Waals surface area contributed by atoms with Gasteiger partial charge in [0, 0.05) is 11.6 Å². The molecule has 0 aromatic rings. The molecule has 0 fully saturated rings. The molecular formula is C8H14ClNO. The van der Waals surface area contributed by atoms with Crippen molar-refractivity contribution in [2.45, 2.75) is 33.2 Å². The highest BCUT2D eigenvalue weighted by atomic mass is 35.5. The number of carbonyl (C=O) groups is 1. The molecule has 0 aliphatic carbocycles. The number of hydrogen-bond acceptors (Lipinski definition) is 2. The summed E-state index contributed by atoms with van der Waals surface area (Å²) in [7, 11) is 0. The summed E-state index contributed by atoms with van der Waals surface area (Å²) in [5.74, 6) is 0.